The molecule has 2 fully saturated rings. The molecule has 0 bridgehead atoms. The van der Waals surface area contributed by atoms with Crippen LogP contribution in [0.25, 0.3) is 0 Å². The second-order valence-electron chi connectivity index (χ2n) is 11.8. The van der Waals surface area contributed by atoms with E-state index in [2.05, 4.69) is 4.90 Å². The van der Waals surface area contributed by atoms with Gasteiger partial charge in [-0.15, -0.1) is 0 Å². The zero-order chi connectivity index (χ0) is 32.2. The largest absolute Gasteiger partial charge is 0.423 e. The van der Waals surface area contributed by atoms with E-state index in [9.17, 15) is 27.6 Å². The Morgan fingerprint density at radius 2 is 1.52 bits per heavy atom. The van der Waals surface area contributed by atoms with E-state index in [-0.39, 0.29) is 24.1 Å². The second-order valence-corrected chi connectivity index (χ2v) is 14.1. The first-order chi connectivity index (χ1) is 22.1. The number of likely N-dealkylation sites (tertiary alicyclic amines) is 2. The number of carbonyl (C=O) groups is 4. The number of benzene rings is 2. The van der Waals surface area contributed by atoms with Gasteiger partial charge in [0.05, 0.1) is 16.9 Å². The molecule has 238 valence electrons. The van der Waals surface area contributed by atoms with Crippen LogP contribution in [0, 0.1) is 11.8 Å². The quantitative estimate of drug-likeness (QED) is 0.337. The number of rotatable bonds is 6. The summed E-state index contributed by atoms with van der Waals surface area (Å²) in [5.41, 5.74) is 1.62. The van der Waals surface area contributed by atoms with Gasteiger partial charge < -0.3 is 14.4 Å². The lowest BCUT2D eigenvalue weighted by atomic mass is 9.88. The number of carbonyl (C=O) groups excluding carboxylic acids is 4. The average molecular weight is 664 g/mol. The van der Waals surface area contributed by atoms with Crippen molar-refractivity contribution < 1.29 is 37.1 Å². The monoisotopic (exact) mass is 663 g/mol. The number of ether oxygens (including phenoxy) is 2. The predicted octanol–water partition coefficient (Wildman–Crippen LogP) is 3.33. The van der Waals surface area contributed by atoms with Gasteiger partial charge >= 0.3 is 11.9 Å². The topological polar surface area (TPSA) is 131 Å². The molecule has 4 heterocycles. The highest BCUT2D eigenvalue weighted by Crippen LogP contribution is 2.46. The maximum atomic E-state index is 13.8. The molecule has 3 unspecified atom stereocenters. The van der Waals surface area contributed by atoms with Gasteiger partial charge in [-0.25, -0.2) is 18.0 Å². The smallest absolute Gasteiger partial charge is 0.336 e. The summed E-state index contributed by atoms with van der Waals surface area (Å²) in [6.45, 7) is 2.08. The SMILES string of the molecule is O=C1/C=C\C(=O)OC2=C(C=CC3C(=O)N(CCCN4CCC(N5C(c6ccc(Cl)cc6)c6ccccc6S5(=O)=O)CC4)C(=O)C23)O1. The molecule has 2 amide bonds. The number of sulfonamides is 1. The number of esters is 2. The van der Waals surface area contributed by atoms with Gasteiger partial charge in [-0.1, -0.05) is 48.0 Å². The molecule has 13 heteroatoms. The van der Waals surface area contributed by atoms with Crippen LogP contribution >= 0.6 is 11.6 Å². The first-order valence-corrected chi connectivity index (χ1v) is 16.9. The van der Waals surface area contributed by atoms with Gasteiger partial charge in [-0.3, -0.25) is 14.5 Å². The Morgan fingerprint density at radius 1 is 0.826 bits per heavy atom. The van der Waals surface area contributed by atoms with Crippen molar-refractivity contribution in [2.45, 2.75) is 36.2 Å². The molecular formula is C33H30ClN3O8S. The van der Waals surface area contributed by atoms with E-state index in [0.29, 0.717) is 48.8 Å². The Kier molecular flexibility index (Phi) is 7.92. The Hall–Kier alpha value is -4.10. The van der Waals surface area contributed by atoms with Crippen LogP contribution in [0.2, 0.25) is 5.02 Å². The van der Waals surface area contributed by atoms with Gasteiger partial charge in [0.25, 0.3) is 0 Å². The molecule has 0 spiro atoms. The summed E-state index contributed by atoms with van der Waals surface area (Å²) in [5.74, 6) is -4.63. The maximum absolute atomic E-state index is 13.8. The van der Waals surface area contributed by atoms with Crippen molar-refractivity contribution in [1.82, 2.24) is 14.1 Å². The normalized spacial score (nSPS) is 27.1. The zero-order valence-electron chi connectivity index (χ0n) is 24.6. The zero-order valence-corrected chi connectivity index (χ0v) is 26.2. The van der Waals surface area contributed by atoms with Crippen LogP contribution in [0.15, 0.2) is 89.2 Å². The van der Waals surface area contributed by atoms with E-state index in [1.54, 1.807) is 28.6 Å². The Labute approximate surface area is 270 Å². The van der Waals surface area contributed by atoms with Crippen LogP contribution in [0.5, 0.6) is 0 Å². The van der Waals surface area contributed by atoms with Crippen LogP contribution in [-0.4, -0.2) is 78.5 Å². The number of piperidine rings is 1. The van der Waals surface area contributed by atoms with Crippen molar-refractivity contribution in [2.24, 2.45) is 11.8 Å². The average Bonchev–Trinajstić information content (AvgIpc) is 3.43. The fraction of sp³-hybridized carbons (Fsp3) is 0.333. The van der Waals surface area contributed by atoms with E-state index in [1.165, 1.54) is 17.1 Å². The fourth-order valence-corrected chi connectivity index (χ4v) is 9.24. The second kappa shape index (κ2) is 11.9. The molecular weight excluding hydrogens is 634 g/mol. The molecule has 0 N–H and O–H groups in total. The maximum Gasteiger partial charge on any atom is 0.336 e. The molecule has 2 aromatic rings. The number of nitrogens with zero attached hydrogens (tertiary/aromatic N) is 3. The van der Waals surface area contributed by atoms with E-state index >= 15 is 0 Å². The highest BCUT2D eigenvalue weighted by atomic mass is 35.5. The lowest BCUT2D eigenvalue weighted by Gasteiger charge is -2.38. The summed E-state index contributed by atoms with van der Waals surface area (Å²) in [6.07, 6.45) is 6.50. The standard InChI is InChI=1S/C33H30ClN3O8S/c34-21-8-6-20(7-9-21)30-23-4-1-2-5-26(23)46(42,43)37(30)22-14-18-35(19-15-22)16-3-17-36-32(40)24-10-11-25-31(29(24)33(36)41)45-28(39)13-12-27(38)44-25/h1-2,4-13,22,24,29-30H,3,14-19H2/b13-12-. The van der Waals surface area contributed by atoms with Crippen LogP contribution in [0.3, 0.4) is 0 Å². The minimum Gasteiger partial charge on any atom is -0.423 e. The highest BCUT2D eigenvalue weighted by Gasteiger charge is 2.52. The number of halogens is 1. The summed E-state index contributed by atoms with van der Waals surface area (Å²) < 4.78 is 39.8. The molecule has 2 saturated heterocycles. The van der Waals surface area contributed by atoms with Crippen molar-refractivity contribution in [3.05, 3.63) is 101 Å². The lowest BCUT2D eigenvalue weighted by Crippen LogP contribution is -2.47. The van der Waals surface area contributed by atoms with Crippen LogP contribution in [-0.2, 0) is 38.7 Å². The summed E-state index contributed by atoms with van der Waals surface area (Å²) in [6, 6.07) is 13.8. The summed E-state index contributed by atoms with van der Waals surface area (Å²) >= 11 is 6.14. The molecule has 5 aliphatic rings. The van der Waals surface area contributed by atoms with Crippen molar-refractivity contribution in [1.29, 1.82) is 0 Å². The number of imide groups is 1. The first-order valence-electron chi connectivity index (χ1n) is 15.1. The van der Waals surface area contributed by atoms with Crippen molar-refractivity contribution in [2.75, 3.05) is 26.2 Å². The minimum absolute atomic E-state index is 0.0590. The van der Waals surface area contributed by atoms with Crippen molar-refractivity contribution >= 4 is 45.4 Å². The van der Waals surface area contributed by atoms with Gasteiger partial charge in [0.2, 0.25) is 21.8 Å². The molecule has 0 radical (unpaired) electrons. The lowest BCUT2D eigenvalue weighted by molar-refractivity contribution is -0.142. The molecule has 4 aliphatic heterocycles. The van der Waals surface area contributed by atoms with E-state index in [1.807, 2.05) is 24.3 Å². The third kappa shape index (κ3) is 5.28. The molecule has 3 atom stereocenters. The fourth-order valence-electron chi connectivity index (χ4n) is 7.05. The van der Waals surface area contributed by atoms with Gasteiger partial charge in [-0.05, 0) is 74.3 Å². The number of hydrogen-bond acceptors (Lipinski definition) is 9. The number of allylic oxidation sites excluding steroid dienone is 1. The van der Waals surface area contributed by atoms with Gasteiger partial charge in [0.15, 0.2) is 11.5 Å². The molecule has 11 nitrogen and oxygen atoms in total. The summed E-state index contributed by atoms with van der Waals surface area (Å²) in [5, 5.41) is 0.582. The molecule has 2 aromatic carbocycles. The molecule has 1 aliphatic carbocycles. The van der Waals surface area contributed by atoms with Crippen LogP contribution in [0.1, 0.15) is 36.4 Å². The number of amides is 2. The summed E-state index contributed by atoms with van der Waals surface area (Å²) in [7, 11) is -3.71. The van der Waals surface area contributed by atoms with Gasteiger partial charge in [-0.2, -0.15) is 4.31 Å². The number of fused-ring (bicyclic) bond motifs is 3. The van der Waals surface area contributed by atoms with Gasteiger partial charge in [0, 0.05) is 29.8 Å². The molecule has 0 saturated carbocycles. The van der Waals surface area contributed by atoms with E-state index in [0.717, 1.165) is 23.3 Å². The molecule has 0 aromatic heterocycles. The van der Waals surface area contributed by atoms with Crippen LogP contribution in [0.4, 0.5) is 0 Å². The third-order valence-electron chi connectivity index (χ3n) is 9.18. The summed E-state index contributed by atoms with van der Waals surface area (Å²) in [4.78, 5) is 54.3. The highest BCUT2D eigenvalue weighted by molar-refractivity contribution is 7.89. The Morgan fingerprint density at radius 3 is 2.26 bits per heavy atom. The molecule has 46 heavy (non-hydrogen) atoms. The van der Waals surface area contributed by atoms with Crippen LogP contribution < -0.4 is 0 Å². The third-order valence-corrected chi connectivity index (χ3v) is 11.4. The van der Waals surface area contributed by atoms with E-state index in [4.69, 9.17) is 21.1 Å². The Bertz CT molecular complexity index is 1830. The van der Waals surface area contributed by atoms with Crippen molar-refractivity contribution in [3.8, 4) is 0 Å². The Balaban J connectivity index is 0.993. The van der Waals surface area contributed by atoms with Crippen molar-refractivity contribution in [3.63, 3.8) is 0 Å². The first kappa shape index (κ1) is 30.5. The molecule has 7 rings (SSSR count). The van der Waals surface area contributed by atoms with Gasteiger partial charge in [0.1, 0.15) is 5.92 Å². The number of hydrogen-bond donors (Lipinski definition) is 0. The predicted molar refractivity (Wildman–Crippen MR) is 164 cm³/mol. The minimum atomic E-state index is -3.71. The van der Waals surface area contributed by atoms with E-state index < -0.39 is 51.7 Å².